The molecular formula is C20H19N3O3S. The summed E-state index contributed by atoms with van der Waals surface area (Å²) in [6, 6.07) is 15.1. The predicted molar refractivity (Wildman–Crippen MR) is 100 cm³/mol. The Balaban J connectivity index is 1.80. The van der Waals surface area contributed by atoms with E-state index in [0.29, 0.717) is 12.0 Å². The Labute approximate surface area is 158 Å². The molecule has 7 heteroatoms. The van der Waals surface area contributed by atoms with Gasteiger partial charge < -0.3 is 5.11 Å². The molecule has 0 bridgehead atoms. The summed E-state index contributed by atoms with van der Waals surface area (Å²) in [5.41, 5.74) is 1.92. The first-order valence-corrected chi connectivity index (χ1v) is 10.1. The number of hydrogen-bond donors (Lipinski definition) is 1. The maximum Gasteiger partial charge on any atom is 0.244 e. The Morgan fingerprint density at radius 3 is 2.56 bits per heavy atom. The Morgan fingerprint density at radius 1 is 1.00 bits per heavy atom. The van der Waals surface area contributed by atoms with Crippen LogP contribution < -0.4 is 0 Å². The van der Waals surface area contributed by atoms with E-state index in [1.807, 2.05) is 18.2 Å². The molecule has 1 N–H and O–H groups in total. The first-order chi connectivity index (χ1) is 13.1. The summed E-state index contributed by atoms with van der Waals surface area (Å²) in [6.45, 7) is 0.138. The van der Waals surface area contributed by atoms with E-state index in [0.717, 1.165) is 11.3 Å². The fourth-order valence-corrected chi connectivity index (χ4v) is 5.30. The lowest BCUT2D eigenvalue weighted by Gasteiger charge is -2.39. The first-order valence-electron chi connectivity index (χ1n) is 8.65. The molecule has 0 fully saturated rings. The number of benzene rings is 1. The molecule has 1 aromatic carbocycles. The molecule has 2 aromatic heterocycles. The van der Waals surface area contributed by atoms with Gasteiger partial charge in [0.25, 0.3) is 0 Å². The van der Waals surface area contributed by atoms with Crippen LogP contribution in [0.2, 0.25) is 0 Å². The molecule has 0 radical (unpaired) electrons. The Hall–Kier alpha value is -2.61. The van der Waals surface area contributed by atoms with Gasteiger partial charge in [0.2, 0.25) is 10.0 Å². The second-order valence-corrected chi connectivity index (χ2v) is 8.35. The second-order valence-electron chi connectivity index (χ2n) is 6.49. The number of aromatic nitrogens is 2. The van der Waals surface area contributed by atoms with Crippen molar-refractivity contribution < 1.29 is 13.5 Å². The number of pyridine rings is 2. The van der Waals surface area contributed by atoms with E-state index in [-0.39, 0.29) is 11.4 Å². The minimum atomic E-state index is -3.77. The molecule has 27 heavy (non-hydrogen) atoms. The summed E-state index contributed by atoms with van der Waals surface area (Å²) in [4.78, 5) is 8.53. The van der Waals surface area contributed by atoms with Gasteiger partial charge in [0, 0.05) is 42.8 Å². The quantitative estimate of drug-likeness (QED) is 0.750. The van der Waals surface area contributed by atoms with Gasteiger partial charge in [0.1, 0.15) is 0 Å². The molecule has 138 valence electrons. The number of hydrogen-bond acceptors (Lipinski definition) is 5. The zero-order chi connectivity index (χ0) is 18.9. The molecule has 1 aliphatic heterocycles. The van der Waals surface area contributed by atoms with Crippen molar-refractivity contribution in [3.05, 3.63) is 90.0 Å². The van der Waals surface area contributed by atoms with Crippen LogP contribution in [0.15, 0.2) is 78.1 Å². The highest BCUT2D eigenvalue weighted by atomic mass is 32.2. The average molecular weight is 381 g/mol. The van der Waals surface area contributed by atoms with Gasteiger partial charge in [-0.05, 0) is 29.8 Å². The van der Waals surface area contributed by atoms with E-state index in [1.165, 1.54) is 4.31 Å². The van der Waals surface area contributed by atoms with Gasteiger partial charge in [-0.15, -0.1) is 0 Å². The molecule has 2 atom stereocenters. The van der Waals surface area contributed by atoms with Crippen molar-refractivity contribution in [1.82, 2.24) is 14.3 Å². The van der Waals surface area contributed by atoms with Crippen molar-refractivity contribution in [2.24, 2.45) is 0 Å². The zero-order valence-electron chi connectivity index (χ0n) is 14.5. The standard InChI is InChI=1S/C20H19N3O3S/c24-20-17-8-1-2-9-19(17)27(25,26)23(14-15-6-5-10-21-13-15)18(20)12-16-7-3-4-11-22-16/h1-11,13,18,20,24H,12,14H2/t18-,20+/m0/s1. The van der Waals surface area contributed by atoms with Gasteiger partial charge in [0.05, 0.1) is 17.0 Å². The topological polar surface area (TPSA) is 83.4 Å². The van der Waals surface area contributed by atoms with E-state index < -0.39 is 22.2 Å². The Kier molecular flexibility index (Phi) is 4.73. The van der Waals surface area contributed by atoms with Gasteiger partial charge in [-0.1, -0.05) is 30.3 Å². The van der Waals surface area contributed by atoms with Crippen LogP contribution >= 0.6 is 0 Å². The SMILES string of the molecule is O=S1(=O)c2ccccc2[C@@H](O)[C@H](Cc2ccccn2)N1Cc1cccnc1. The second kappa shape index (κ2) is 7.19. The molecule has 4 rings (SSSR count). The number of aliphatic hydroxyl groups is 1. The zero-order valence-corrected chi connectivity index (χ0v) is 15.3. The van der Waals surface area contributed by atoms with Crippen LogP contribution in [0.1, 0.15) is 22.9 Å². The van der Waals surface area contributed by atoms with Gasteiger partial charge in [0.15, 0.2) is 0 Å². The summed E-state index contributed by atoms with van der Waals surface area (Å²) in [6.07, 6.45) is 4.32. The summed E-state index contributed by atoms with van der Waals surface area (Å²) in [5, 5.41) is 11.0. The first kappa shape index (κ1) is 17.8. The minimum absolute atomic E-state index is 0.138. The Bertz CT molecular complexity index is 1030. The number of sulfonamides is 1. The van der Waals surface area contributed by atoms with Gasteiger partial charge in [-0.3, -0.25) is 9.97 Å². The maximum atomic E-state index is 13.3. The maximum absolute atomic E-state index is 13.3. The van der Waals surface area contributed by atoms with Crippen LogP contribution in [0.5, 0.6) is 0 Å². The van der Waals surface area contributed by atoms with E-state index >= 15 is 0 Å². The molecule has 6 nitrogen and oxygen atoms in total. The third kappa shape index (κ3) is 3.37. The largest absolute Gasteiger partial charge is 0.387 e. The van der Waals surface area contributed by atoms with Crippen molar-refractivity contribution in [3.63, 3.8) is 0 Å². The van der Waals surface area contributed by atoms with Crippen LogP contribution in [0.25, 0.3) is 0 Å². The summed E-state index contributed by atoms with van der Waals surface area (Å²) < 4.78 is 28.0. The van der Waals surface area contributed by atoms with Crippen molar-refractivity contribution in [3.8, 4) is 0 Å². The fraction of sp³-hybridized carbons (Fsp3) is 0.200. The number of fused-ring (bicyclic) bond motifs is 1. The van der Waals surface area contributed by atoms with Crippen molar-refractivity contribution in [2.75, 3.05) is 0 Å². The average Bonchev–Trinajstić information content (AvgIpc) is 2.71. The molecule has 1 aliphatic rings. The molecular weight excluding hydrogens is 362 g/mol. The molecule has 0 saturated heterocycles. The van der Waals surface area contributed by atoms with Crippen molar-refractivity contribution in [2.45, 2.75) is 30.0 Å². The van der Waals surface area contributed by atoms with Crippen LogP contribution in [-0.2, 0) is 23.0 Å². The van der Waals surface area contributed by atoms with E-state index in [1.54, 1.807) is 55.0 Å². The summed E-state index contributed by atoms with van der Waals surface area (Å²) in [7, 11) is -3.77. The monoisotopic (exact) mass is 381 g/mol. The van der Waals surface area contributed by atoms with Crippen molar-refractivity contribution in [1.29, 1.82) is 0 Å². The van der Waals surface area contributed by atoms with E-state index in [2.05, 4.69) is 9.97 Å². The number of rotatable bonds is 4. The molecule has 0 saturated carbocycles. The van der Waals surface area contributed by atoms with Gasteiger partial charge >= 0.3 is 0 Å². The molecule has 3 heterocycles. The Morgan fingerprint density at radius 2 is 1.81 bits per heavy atom. The molecule has 0 unspecified atom stereocenters. The van der Waals surface area contributed by atoms with Crippen molar-refractivity contribution >= 4 is 10.0 Å². The van der Waals surface area contributed by atoms with Crippen LogP contribution in [-0.4, -0.2) is 33.8 Å². The molecule has 0 amide bonds. The molecule has 3 aromatic rings. The normalized spacial score (nSPS) is 21.5. The molecule has 0 aliphatic carbocycles. The van der Waals surface area contributed by atoms with Crippen LogP contribution in [0, 0.1) is 0 Å². The predicted octanol–water partition coefficient (Wildman–Crippen LogP) is 2.33. The van der Waals surface area contributed by atoms with Gasteiger partial charge in [-0.25, -0.2) is 8.42 Å². The lowest BCUT2D eigenvalue weighted by molar-refractivity contribution is 0.0764. The minimum Gasteiger partial charge on any atom is -0.387 e. The summed E-state index contributed by atoms with van der Waals surface area (Å²) in [5.74, 6) is 0. The highest BCUT2D eigenvalue weighted by Crippen LogP contribution is 2.38. The fourth-order valence-electron chi connectivity index (χ4n) is 3.45. The van der Waals surface area contributed by atoms with Crippen LogP contribution in [0.3, 0.4) is 0 Å². The highest BCUT2D eigenvalue weighted by Gasteiger charge is 2.43. The van der Waals surface area contributed by atoms with Gasteiger partial charge in [-0.2, -0.15) is 4.31 Å². The third-order valence-electron chi connectivity index (χ3n) is 4.76. The highest BCUT2D eigenvalue weighted by molar-refractivity contribution is 7.89. The molecule has 0 spiro atoms. The third-order valence-corrected chi connectivity index (χ3v) is 6.71. The lowest BCUT2D eigenvalue weighted by atomic mass is 9.97. The summed E-state index contributed by atoms with van der Waals surface area (Å²) >= 11 is 0. The van der Waals surface area contributed by atoms with E-state index in [4.69, 9.17) is 0 Å². The van der Waals surface area contributed by atoms with E-state index in [9.17, 15) is 13.5 Å². The smallest absolute Gasteiger partial charge is 0.244 e. The number of aliphatic hydroxyl groups excluding tert-OH is 1. The van der Waals surface area contributed by atoms with Crippen LogP contribution in [0.4, 0.5) is 0 Å². The number of nitrogens with zero attached hydrogens (tertiary/aromatic N) is 3. The lowest BCUT2D eigenvalue weighted by Crippen LogP contribution is -2.48.